The summed E-state index contributed by atoms with van der Waals surface area (Å²) < 4.78 is 13.0. The van der Waals surface area contributed by atoms with Crippen LogP contribution in [0.4, 0.5) is 4.79 Å². The zero-order chi connectivity index (χ0) is 20.8. The van der Waals surface area contributed by atoms with Gasteiger partial charge in [-0.3, -0.25) is 0 Å². The molecule has 1 heterocycles. The lowest BCUT2D eigenvalue weighted by molar-refractivity contribution is 0.0875. The highest BCUT2D eigenvalue weighted by molar-refractivity contribution is 14.1. The van der Waals surface area contributed by atoms with Crippen molar-refractivity contribution < 1.29 is 14.3 Å². The second-order valence-electron chi connectivity index (χ2n) is 10.5. The number of alkyl carbamates (subject to hydrolysis) is 1. The molecule has 1 saturated heterocycles. The van der Waals surface area contributed by atoms with E-state index < -0.39 is 0 Å². The van der Waals surface area contributed by atoms with Gasteiger partial charge in [0.2, 0.25) is 0 Å². The van der Waals surface area contributed by atoms with Crippen LogP contribution in [-0.4, -0.2) is 24.3 Å². The minimum Gasteiger partial charge on any atom is -0.489 e. The van der Waals surface area contributed by atoms with Crippen LogP contribution in [0.2, 0.25) is 0 Å². The number of hydrogen-bond acceptors (Lipinski definition) is 3. The summed E-state index contributed by atoms with van der Waals surface area (Å²) in [7, 11) is 0. The smallest absolute Gasteiger partial charge is 0.407 e. The maximum Gasteiger partial charge on any atom is 0.407 e. The van der Waals surface area contributed by atoms with Crippen LogP contribution in [0.1, 0.15) is 70.9 Å². The van der Waals surface area contributed by atoms with Crippen molar-refractivity contribution in [3.8, 4) is 5.75 Å². The molecular formula is C24H34INO3. The van der Waals surface area contributed by atoms with Crippen LogP contribution >= 0.6 is 22.6 Å². The minimum absolute atomic E-state index is 0.249. The van der Waals surface area contributed by atoms with Crippen molar-refractivity contribution in [3.63, 3.8) is 0 Å². The number of ether oxygens (including phenoxy) is 2. The Morgan fingerprint density at radius 2 is 1.90 bits per heavy atom. The molecule has 2 fully saturated rings. The van der Waals surface area contributed by atoms with Crippen LogP contribution in [0.15, 0.2) is 12.1 Å². The molecule has 1 aromatic rings. The van der Waals surface area contributed by atoms with Crippen LogP contribution in [0.3, 0.4) is 0 Å². The number of carbonyl (C=O) groups excluding carboxylic acids is 1. The van der Waals surface area contributed by atoms with Crippen molar-refractivity contribution in [1.29, 1.82) is 0 Å². The number of nitrogens with one attached hydrogen (secondary N) is 1. The van der Waals surface area contributed by atoms with Crippen molar-refractivity contribution in [2.75, 3.05) is 6.61 Å². The molecule has 5 heteroatoms. The summed E-state index contributed by atoms with van der Waals surface area (Å²) in [5.41, 5.74) is 3.00. The number of cyclic esters (lactones) is 1. The highest BCUT2D eigenvalue weighted by Gasteiger charge is 2.43. The first-order chi connectivity index (χ1) is 13.7. The zero-order valence-electron chi connectivity index (χ0n) is 18.1. The van der Waals surface area contributed by atoms with E-state index >= 15 is 0 Å². The first-order valence-corrected chi connectivity index (χ1v) is 12.2. The maximum absolute atomic E-state index is 11.6. The molecule has 160 valence electrons. The first-order valence-electron chi connectivity index (χ1n) is 11.1. The molecule has 2 aliphatic carbocycles. The summed E-state index contributed by atoms with van der Waals surface area (Å²) in [6, 6.07) is 4.42. The Kier molecular flexibility index (Phi) is 5.82. The fourth-order valence-corrected chi connectivity index (χ4v) is 6.31. The summed E-state index contributed by atoms with van der Waals surface area (Å²) in [6.45, 7) is 9.68. The molecule has 1 saturated carbocycles. The highest BCUT2D eigenvalue weighted by Crippen LogP contribution is 2.41. The third-order valence-electron chi connectivity index (χ3n) is 7.50. The lowest BCUT2D eigenvalue weighted by atomic mass is 9.72. The molecule has 3 aliphatic rings. The molecule has 0 spiro atoms. The predicted octanol–water partition coefficient (Wildman–Crippen LogP) is 5.88. The molecule has 4 rings (SSSR count). The van der Waals surface area contributed by atoms with Gasteiger partial charge in [0.25, 0.3) is 0 Å². The van der Waals surface area contributed by atoms with Gasteiger partial charge in [-0.1, -0.05) is 26.8 Å². The average Bonchev–Trinajstić information content (AvgIpc) is 3.03. The minimum atomic E-state index is -0.280. The van der Waals surface area contributed by atoms with Crippen LogP contribution in [0.25, 0.3) is 0 Å². The van der Waals surface area contributed by atoms with Gasteiger partial charge < -0.3 is 14.8 Å². The third-order valence-corrected chi connectivity index (χ3v) is 8.68. The highest BCUT2D eigenvalue weighted by atomic mass is 127. The van der Waals surface area contributed by atoms with Gasteiger partial charge in [0.05, 0.1) is 15.2 Å². The maximum atomic E-state index is 11.6. The number of hydrogen-bond donors (Lipinski definition) is 1. The van der Waals surface area contributed by atoms with E-state index in [9.17, 15) is 4.79 Å². The standard InChI is InChI=1S/C24H34INO3/c1-23(2,3)16-6-9-18(10-7-16)29-20-12-5-15-13-17(8-11-19(15)21(20)25)24(4)14-28-22(27)26-24/h5,12,16-18H,6-11,13-14H2,1-4H3,(H,26,27). The summed E-state index contributed by atoms with van der Waals surface area (Å²) >= 11 is 2.48. The molecule has 0 bridgehead atoms. The van der Waals surface area contributed by atoms with Gasteiger partial charge in [-0.05, 0) is 109 Å². The topological polar surface area (TPSA) is 47.6 Å². The molecular weight excluding hydrogens is 477 g/mol. The van der Waals surface area contributed by atoms with Crippen molar-refractivity contribution in [2.24, 2.45) is 17.3 Å². The molecule has 0 radical (unpaired) electrons. The van der Waals surface area contributed by atoms with E-state index in [0.29, 0.717) is 24.0 Å². The number of rotatable bonds is 3. The molecule has 0 aromatic heterocycles. The monoisotopic (exact) mass is 511 g/mol. The van der Waals surface area contributed by atoms with Crippen LogP contribution in [0, 0.1) is 20.8 Å². The lowest BCUT2D eigenvalue weighted by Crippen LogP contribution is -2.49. The lowest BCUT2D eigenvalue weighted by Gasteiger charge is -2.37. The van der Waals surface area contributed by atoms with Gasteiger partial charge in [0.1, 0.15) is 12.4 Å². The van der Waals surface area contributed by atoms with Crippen LogP contribution < -0.4 is 10.1 Å². The van der Waals surface area contributed by atoms with Crippen molar-refractivity contribution in [3.05, 3.63) is 26.8 Å². The van der Waals surface area contributed by atoms with Crippen LogP contribution in [-0.2, 0) is 17.6 Å². The molecule has 4 nitrogen and oxygen atoms in total. The Balaban J connectivity index is 1.42. The first kappa shape index (κ1) is 21.3. The van der Waals surface area contributed by atoms with Gasteiger partial charge in [-0.25, -0.2) is 4.79 Å². The SMILES string of the molecule is CC(C)(C)C1CCC(Oc2ccc3c(c2I)CCC(C2(C)COC(=O)N2)C3)CC1. The number of benzene rings is 1. The molecule has 29 heavy (non-hydrogen) atoms. The van der Waals surface area contributed by atoms with E-state index in [4.69, 9.17) is 9.47 Å². The molecule has 2 unspecified atom stereocenters. The Morgan fingerprint density at radius 3 is 2.52 bits per heavy atom. The average molecular weight is 511 g/mol. The van der Waals surface area contributed by atoms with E-state index in [1.54, 1.807) is 0 Å². The quantitative estimate of drug-likeness (QED) is 0.516. The van der Waals surface area contributed by atoms with E-state index in [0.717, 1.165) is 43.8 Å². The van der Waals surface area contributed by atoms with Gasteiger partial charge in [-0.15, -0.1) is 0 Å². The molecule has 1 N–H and O–H groups in total. The number of halogens is 1. The third kappa shape index (κ3) is 4.40. The molecule has 1 amide bonds. The normalized spacial score (nSPS) is 32.3. The fourth-order valence-electron chi connectivity index (χ4n) is 5.39. The van der Waals surface area contributed by atoms with Crippen molar-refractivity contribution >= 4 is 28.7 Å². The number of amides is 1. The second kappa shape index (κ2) is 7.93. The van der Waals surface area contributed by atoms with Gasteiger partial charge >= 0.3 is 6.09 Å². The fraction of sp³-hybridized carbons (Fsp3) is 0.708. The van der Waals surface area contributed by atoms with E-state index in [-0.39, 0.29) is 11.6 Å². The zero-order valence-corrected chi connectivity index (χ0v) is 20.3. The summed E-state index contributed by atoms with van der Waals surface area (Å²) in [5, 5.41) is 3.04. The summed E-state index contributed by atoms with van der Waals surface area (Å²) in [6.07, 6.45) is 8.03. The van der Waals surface area contributed by atoms with Gasteiger partial charge in [0.15, 0.2) is 0 Å². The summed E-state index contributed by atoms with van der Waals surface area (Å²) in [4.78, 5) is 11.6. The number of carbonyl (C=O) groups is 1. The second-order valence-corrected chi connectivity index (χ2v) is 11.6. The van der Waals surface area contributed by atoms with E-state index in [1.807, 2.05) is 0 Å². The van der Waals surface area contributed by atoms with Crippen LogP contribution in [0.5, 0.6) is 5.75 Å². The Hall–Kier alpha value is -0.980. The van der Waals surface area contributed by atoms with Crippen molar-refractivity contribution in [1.82, 2.24) is 5.32 Å². The molecule has 1 aromatic carbocycles. The van der Waals surface area contributed by atoms with Crippen molar-refractivity contribution in [2.45, 2.75) is 84.3 Å². The Bertz CT molecular complexity index is 779. The molecule has 1 aliphatic heterocycles. The summed E-state index contributed by atoms with van der Waals surface area (Å²) in [5.74, 6) is 2.28. The molecule has 2 atom stereocenters. The predicted molar refractivity (Wildman–Crippen MR) is 123 cm³/mol. The van der Waals surface area contributed by atoms with E-state index in [2.05, 4.69) is 67.7 Å². The van der Waals surface area contributed by atoms with E-state index in [1.165, 1.54) is 27.5 Å². The number of fused-ring (bicyclic) bond motifs is 1. The Morgan fingerprint density at radius 1 is 1.17 bits per heavy atom. The van der Waals surface area contributed by atoms with Gasteiger partial charge in [-0.2, -0.15) is 0 Å². The van der Waals surface area contributed by atoms with Gasteiger partial charge in [0, 0.05) is 0 Å². The Labute approximate surface area is 188 Å². The largest absolute Gasteiger partial charge is 0.489 e.